The predicted octanol–water partition coefficient (Wildman–Crippen LogP) is 1.68. The van der Waals surface area contributed by atoms with E-state index in [9.17, 15) is 4.79 Å². The van der Waals surface area contributed by atoms with Gasteiger partial charge in [-0.25, -0.2) is 0 Å². The number of aromatic nitrogens is 1. The Morgan fingerprint density at radius 2 is 2.50 bits per heavy atom. The molecule has 1 atom stereocenters. The minimum absolute atomic E-state index is 0.0231. The molecule has 1 fully saturated rings. The molecule has 0 aromatic carbocycles. The highest BCUT2D eigenvalue weighted by Gasteiger charge is 2.28. The molecule has 86 valence electrons. The van der Waals surface area contributed by atoms with E-state index in [0.717, 1.165) is 25.8 Å². The van der Waals surface area contributed by atoms with Crippen molar-refractivity contribution in [2.24, 2.45) is 0 Å². The number of likely N-dealkylation sites (tertiary alicyclic amines) is 1. The molecule has 1 aromatic heterocycles. The second-order valence-corrected chi connectivity index (χ2v) is 4.17. The summed E-state index contributed by atoms with van der Waals surface area (Å²) in [6.07, 6.45) is 6.36. The molecular formula is C12H17N3O. The van der Waals surface area contributed by atoms with Crippen LogP contribution in [-0.4, -0.2) is 28.4 Å². The van der Waals surface area contributed by atoms with Gasteiger partial charge >= 0.3 is 0 Å². The lowest BCUT2D eigenvalue weighted by Gasteiger charge is -2.24. The average Bonchev–Trinajstić information content (AvgIpc) is 2.77. The molecular weight excluding hydrogens is 202 g/mol. The summed E-state index contributed by atoms with van der Waals surface area (Å²) in [5.74, 6) is 0.0231. The summed E-state index contributed by atoms with van der Waals surface area (Å²) in [4.78, 5) is 18.1. The van der Waals surface area contributed by atoms with Crippen LogP contribution in [0.1, 0.15) is 36.5 Å². The normalized spacial score (nSPS) is 20.1. The van der Waals surface area contributed by atoms with Crippen LogP contribution in [-0.2, 0) is 0 Å². The molecule has 0 aliphatic carbocycles. The Balaban J connectivity index is 2.22. The van der Waals surface area contributed by atoms with E-state index in [0.29, 0.717) is 17.3 Å². The van der Waals surface area contributed by atoms with Gasteiger partial charge in [0.2, 0.25) is 0 Å². The fraction of sp³-hybridized carbons (Fsp3) is 0.500. The maximum absolute atomic E-state index is 12.2. The van der Waals surface area contributed by atoms with E-state index in [1.54, 1.807) is 18.5 Å². The van der Waals surface area contributed by atoms with Crippen molar-refractivity contribution in [3.63, 3.8) is 0 Å². The fourth-order valence-electron chi connectivity index (χ4n) is 2.27. The molecule has 0 radical (unpaired) electrons. The van der Waals surface area contributed by atoms with E-state index in [2.05, 4.69) is 11.9 Å². The molecule has 1 aliphatic heterocycles. The van der Waals surface area contributed by atoms with Crippen molar-refractivity contribution in [3.05, 3.63) is 24.0 Å². The molecule has 4 heteroatoms. The van der Waals surface area contributed by atoms with Crippen LogP contribution < -0.4 is 5.73 Å². The zero-order valence-electron chi connectivity index (χ0n) is 9.52. The number of hydrogen-bond acceptors (Lipinski definition) is 3. The van der Waals surface area contributed by atoms with Gasteiger partial charge in [0.1, 0.15) is 0 Å². The first-order chi connectivity index (χ1) is 7.74. The van der Waals surface area contributed by atoms with Crippen LogP contribution in [0.15, 0.2) is 18.5 Å². The van der Waals surface area contributed by atoms with E-state index in [1.165, 1.54) is 0 Å². The van der Waals surface area contributed by atoms with E-state index in [-0.39, 0.29) is 5.91 Å². The van der Waals surface area contributed by atoms with Crippen molar-refractivity contribution in [3.8, 4) is 0 Å². The number of nitrogen functional groups attached to an aromatic ring is 1. The zero-order chi connectivity index (χ0) is 11.5. The van der Waals surface area contributed by atoms with Gasteiger partial charge in [0, 0.05) is 30.7 Å². The van der Waals surface area contributed by atoms with Crippen molar-refractivity contribution in [2.45, 2.75) is 32.2 Å². The third-order valence-corrected chi connectivity index (χ3v) is 3.19. The third kappa shape index (κ3) is 1.87. The summed E-state index contributed by atoms with van der Waals surface area (Å²) >= 11 is 0. The van der Waals surface area contributed by atoms with Crippen LogP contribution >= 0.6 is 0 Å². The molecule has 1 amide bonds. The van der Waals surface area contributed by atoms with Gasteiger partial charge in [-0.2, -0.15) is 0 Å². The van der Waals surface area contributed by atoms with Gasteiger partial charge in [0.05, 0.1) is 5.56 Å². The van der Waals surface area contributed by atoms with Gasteiger partial charge in [-0.05, 0) is 25.3 Å². The van der Waals surface area contributed by atoms with Crippen molar-refractivity contribution < 1.29 is 4.79 Å². The SMILES string of the molecule is CCC1CCCN1C(=O)c1cnccc1N. The largest absolute Gasteiger partial charge is 0.398 e. The summed E-state index contributed by atoms with van der Waals surface area (Å²) in [7, 11) is 0. The summed E-state index contributed by atoms with van der Waals surface area (Å²) in [5.41, 5.74) is 6.83. The van der Waals surface area contributed by atoms with Crippen molar-refractivity contribution >= 4 is 11.6 Å². The van der Waals surface area contributed by atoms with Crippen LogP contribution in [0, 0.1) is 0 Å². The first-order valence-corrected chi connectivity index (χ1v) is 5.74. The summed E-state index contributed by atoms with van der Waals surface area (Å²) in [6, 6.07) is 2.04. The van der Waals surface area contributed by atoms with E-state index >= 15 is 0 Å². The number of nitrogens with two attached hydrogens (primary N) is 1. The average molecular weight is 219 g/mol. The standard InChI is InChI=1S/C12H17N3O/c1-2-9-4-3-7-15(9)12(16)10-8-14-6-5-11(10)13/h5-6,8-9H,2-4,7H2,1H3,(H2,13,14). The van der Waals surface area contributed by atoms with Gasteiger partial charge in [-0.1, -0.05) is 6.92 Å². The number of amides is 1. The molecule has 1 aliphatic rings. The van der Waals surface area contributed by atoms with Gasteiger partial charge in [-0.3, -0.25) is 9.78 Å². The minimum Gasteiger partial charge on any atom is -0.398 e. The zero-order valence-corrected chi connectivity index (χ0v) is 9.52. The number of hydrogen-bond donors (Lipinski definition) is 1. The first-order valence-electron chi connectivity index (χ1n) is 5.74. The molecule has 0 bridgehead atoms. The molecule has 16 heavy (non-hydrogen) atoms. The summed E-state index contributed by atoms with van der Waals surface area (Å²) < 4.78 is 0. The van der Waals surface area contributed by atoms with Crippen molar-refractivity contribution in [1.29, 1.82) is 0 Å². The lowest BCUT2D eigenvalue weighted by atomic mass is 10.1. The highest BCUT2D eigenvalue weighted by molar-refractivity contribution is 5.99. The molecule has 1 aromatic rings. The van der Waals surface area contributed by atoms with Crippen molar-refractivity contribution in [2.75, 3.05) is 12.3 Å². The molecule has 1 saturated heterocycles. The Morgan fingerprint density at radius 1 is 1.69 bits per heavy atom. The number of rotatable bonds is 2. The van der Waals surface area contributed by atoms with E-state index in [4.69, 9.17) is 5.73 Å². The summed E-state index contributed by atoms with van der Waals surface area (Å²) in [5, 5.41) is 0. The molecule has 2 rings (SSSR count). The predicted molar refractivity (Wildman–Crippen MR) is 63.0 cm³/mol. The van der Waals surface area contributed by atoms with Gasteiger partial charge < -0.3 is 10.6 Å². The lowest BCUT2D eigenvalue weighted by molar-refractivity contribution is 0.0734. The van der Waals surface area contributed by atoms with Crippen molar-refractivity contribution in [1.82, 2.24) is 9.88 Å². The summed E-state index contributed by atoms with van der Waals surface area (Å²) in [6.45, 7) is 2.95. The van der Waals surface area contributed by atoms with Crippen LogP contribution in [0.3, 0.4) is 0 Å². The molecule has 0 spiro atoms. The Labute approximate surface area is 95.5 Å². The number of carbonyl (C=O) groups excluding carboxylic acids is 1. The quantitative estimate of drug-likeness (QED) is 0.823. The Bertz CT molecular complexity index is 392. The number of nitrogens with zero attached hydrogens (tertiary/aromatic N) is 2. The smallest absolute Gasteiger partial charge is 0.257 e. The second kappa shape index (κ2) is 4.51. The Morgan fingerprint density at radius 3 is 3.19 bits per heavy atom. The number of anilines is 1. The molecule has 1 unspecified atom stereocenters. The molecule has 2 N–H and O–H groups in total. The lowest BCUT2D eigenvalue weighted by Crippen LogP contribution is -2.35. The van der Waals surface area contributed by atoms with Gasteiger partial charge in [0.25, 0.3) is 5.91 Å². The van der Waals surface area contributed by atoms with Crippen LogP contribution in [0.2, 0.25) is 0 Å². The van der Waals surface area contributed by atoms with Gasteiger partial charge in [0.15, 0.2) is 0 Å². The first kappa shape index (κ1) is 10.9. The van der Waals surface area contributed by atoms with E-state index in [1.807, 2.05) is 4.90 Å². The van der Waals surface area contributed by atoms with Crippen LogP contribution in [0.4, 0.5) is 5.69 Å². The topological polar surface area (TPSA) is 59.2 Å². The number of carbonyl (C=O) groups is 1. The minimum atomic E-state index is 0.0231. The fourth-order valence-corrected chi connectivity index (χ4v) is 2.27. The monoisotopic (exact) mass is 219 g/mol. The highest BCUT2D eigenvalue weighted by atomic mass is 16.2. The molecule has 0 saturated carbocycles. The van der Waals surface area contributed by atoms with Gasteiger partial charge in [-0.15, -0.1) is 0 Å². The molecule has 4 nitrogen and oxygen atoms in total. The second-order valence-electron chi connectivity index (χ2n) is 4.17. The van der Waals surface area contributed by atoms with Crippen LogP contribution in [0.25, 0.3) is 0 Å². The maximum atomic E-state index is 12.2. The number of pyridine rings is 1. The highest BCUT2D eigenvalue weighted by Crippen LogP contribution is 2.23. The Hall–Kier alpha value is -1.58. The van der Waals surface area contributed by atoms with E-state index < -0.39 is 0 Å². The third-order valence-electron chi connectivity index (χ3n) is 3.19. The Kier molecular flexibility index (Phi) is 3.08. The molecule has 2 heterocycles. The van der Waals surface area contributed by atoms with Crippen LogP contribution in [0.5, 0.6) is 0 Å². The maximum Gasteiger partial charge on any atom is 0.257 e.